The highest BCUT2D eigenvalue weighted by atomic mass is 16.6. The van der Waals surface area contributed by atoms with Crippen LogP contribution in [-0.2, 0) is 14.3 Å². The summed E-state index contributed by atoms with van der Waals surface area (Å²) in [4.78, 5) is 11.8. The highest BCUT2D eigenvalue weighted by Crippen LogP contribution is 2.62. The molecule has 0 aliphatic carbocycles. The van der Waals surface area contributed by atoms with Crippen LogP contribution < -0.4 is 0 Å². The number of rotatable bonds is 2. The molecule has 0 saturated carbocycles. The third-order valence-corrected chi connectivity index (χ3v) is 5.08. The van der Waals surface area contributed by atoms with Gasteiger partial charge in [0.15, 0.2) is 0 Å². The number of fused-ring (bicyclic) bond motifs is 1. The molecule has 6 unspecified atom stereocenters. The van der Waals surface area contributed by atoms with E-state index >= 15 is 0 Å². The lowest BCUT2D eigenvalue weighted by atomic mass is 9.59. The zero-order chi connectivity index (χ0) is 12.4. The smallest absolute Gasteiger partial charge is 0.313 e. The summed E-state index contributed by atoms with van der Waals surface area (Å²) in [6.07, 6.45) is 0.428. The fourth-order valence-electron chi connectivity index (χ4n) is 4.20. The maximum Gasteiger partial charge on any atom is 0.313 e. The van der Waals surface area contributed by atoms with E-state index in [1.54, 1.807) is 0 Å². The third-order valence-electron chi connectivity index (χ3n) is 5.08. The fourth-order valence-corrected chi connectivity index (χ4v) is 4.20. The highest BCUT2D eigenvalue weighted by molar-refractivity contribution is 5.78. The van der Waals surface area contributed by atoms with Gasteiger partial charge in [0.2, 0.25) is 0 Å². The monoisotopic (exact) mass is 235 g/mol. The highest BCUT2D eigenvalue weighted by Gasteiger charge is 2.74. The Balaban J connectivity index is 2.11. The zero-order valence-electron chi connectivity index (χ0n) is 10.3. The first-order valence-electron chi connectivity index (χ1n) is 6.33. The number of ether oxygens (including phenoxy) is 2. The molecule has 3 rings (SSSR count). The average Bonchev–Trinajstić information content (AvgIpc) is 2.87. The van der Waals surface area contributed by atoms with Crippen LogP contribution in [0.5, 0.6) is 0 Å². The standard InChI is InChI=1S/C13H17NO3/c1-4-13(6(2)3)10-7(5-14)8-9(16-10)11(13)17-12(8)15/h6-11H,4H2,1-3H3. The first kappa shape index (κ1) is 11.0. The molecule has 4 nitrogen and oxygen atoms in total. The van der Waals surface area contributed by atoms with E-state index < -0.39 is 0 Å². The van der Waals surface area contributed by atoms with Gasteiger partial charge >= 0.3 is 5.97 Å². The summed E-state index contributed by atoms with van der Waals surface area (Å²) in [5, 5.41) is 9.30. The summed E-state index contributed by atoms with van der Waals surface area (Å²) >= 11 is 0. The van der Waals surface area contributed by atoms with Crippen molar-refractivity contribution in [1.29, 1.82) is 5.26 Å². The van der Waals surface area contributed by atoms with Gasteiger partial charge in [0.25, 0.3) is 0 Å². The minimum Gasteiger partial charge on any atom is -0.459 e. The van der Waals surface area contributed by atoms with Crippen molar-refractivity contribution < 1.29 is 14.3 Å². The van der Waals surface area contributed by atoms with Crippen molar-refractivity contribution >= 4 is 5.97 Å². The van der Waals surface area contributed by atoms with E-state index in [1.807, 2.05) is 0 Å². The van der Waals surface area contributed by atoms with Gasteiger partial charge in [0.1, 0.15) is 18.1 Å². The van der Waals surface area contributed by atoms with Gasteiger partial charge in [-0.05, 0) is 12.3 Å². The molecule has 0 radical (unpaired) electrons. The molecule has 2 bridgehead atoms. The Kier molecular flexibility index (Phi) is 2.10. The first-order chi connectivity index (χ1) is 8.07. The Labute approximate surface area is 101 Å². The van der Waals surface area contributed by atoms with E-state index in [2.05, 4.69) is 26.8 Å². The molecular weight excluding hydrogens is 218 g/mol. The predicted molar refractivity (Wildman–Crippen MR) is 58.7 cm³/mol. The van der Waals surface area contributed by atoms with Crippen LogP contribution in [0.3, 0.4) is 0 Å². The third kappa shape index (κ3) is 0.999. The van der Waals surface area contributed by atoms with E-state index in [9.17, 15) is 10.1 Å². The van der Waals surface area contributed by atoms with Gasteiger partial charge in [0, 0.05) is 5.41 Å². The fraction of sp³-hybridized carbons (Fsp3) is 0.846. The van der Waals surface area contributed by atoms with Gasteiger partial charge in [-0.25, -0.2) is 0 Å². The van der Waals surface area contributed by atoms with Crippen molar-refractivity contribution in [1.82, 2.24) is 0 Å². The van der Waals surface area contributed by atoms with Crippen LogP contribution in [0.2, 0.25) is 0 Å². The molecule has 0 aromatic carbocycles. The lowest BCUT2D eigenvalue weighted by molar-refractivity contribution is -0.147. The predicted octanol–water partition coefficient (Wildman–Crippen LogP) is 1.50. The minimum absolute atomic E-state index is 0.135. The molecule has 3 heterocycles. The zero-order valence-corrected chi connectivity index (χ0v) is 10.3. The second kappa shape index (κ2) is 3.23. The van der Waals surface area contributed by atoms with Gasteiger partial charge in [-0.2, -0.15) is 5.26 Å². The molecule has 0 amide bonds. The van der Waals surface area contributed by atoms with E-state index in [0.29, 0.717) is 5.92 Å². The van der Waals surface area contributed by atoms with Crippen molar-refractivity contribution in [3.63, 3.8) is 0 Å². The average molecular weight is 235 g/mol. The van der Waals surface area contributed by atoms with Crippen LogP contribution in [0.4, 0.5) is 0 Å². The molecule has 92 valence electrons. The maximum atomic E-state index is 11.8. The van der Waals surface area contributed by atoms with Crippen molar-refractivity contribution in [2.24, 2.45) is 23.2 Å². The van der Waals surface area contributed by atoms with Gasteiger partial charge in [-0.1, -0.05) is 20.8 Å². The number of hydrogen-bond acceptors (Lipinski definition) is 4. The van der Waals surface area contributed by atoms with E-state index in [1.165, 1.54) is 0 Å². The first-order valence-corrected chi connectivity index (χ1v) is 6.33. The number of nitrogens with zero attached hydrogens (tertiary/aromatic N) is 1. The largest absolute Gasteiger partial charge is 0.459 e. The molecule has 17 heavy (non-hydrogen) atoms. The molecule has 3 saturated heterocycles. The molecule has 0 spiro atoms. The maximum absolute atomic E-state index is 11.8. The van der Waals surface area contributed by atoms with E-state index in [0.717, 1.165) is 6.42 Å². The molecule has 3 fully saturated rings. The quantitative estimate of drug-likeness (QED) is 0.680. The van der Waals surface area contributed by atoms with Crippen molar-refractivity contribution in [3.8, 4) is 6.07 Å². The lowest BCUT2D eigenvalue weighted by Gasteiger charge is -2.42. The van der Waals surface area contributed by atoms with Crippen molar-refractivity contribution in [3.05, 3.63) is 0 Å². The molecule has 0 aromatic heterocycles. The van der Waals surface area contributed by atoms with Crippen LogP contribution in [0.1, 0.15) is 27.2 Å². The van der Waals surface area contributed by atoms with Crippen molar-refractivity contribution in [2.45, 2.75) is 45.5 Å². The summed E-state index contributed by atoms with van der Waals surface area (Å²) in [5.74, 6) is -0.553. The second-order valence-corrected chi connectivity index (χ2v) is 5.68. The van der Waals surface area contributed by atoms with Crippen LogP contribution in [0.15, 0.2) is 0 Å². The van der Waals surface area contributed by atoms with E-state index in [4.69, 9.17) is 9.47 Å². The Morgan fingerprint density at radius 3 is 2.71 bits per heavy atom. The van der Waals surface area contributed by atoms with Crippen LogP contribution in [-0.4, -0.2) is 24.3 Å². The number of esters is 1. The van der Waals surface area contributed by atoms with Crippen molar-refractivity contribution in [2.75, 3.05) is 0 Å². The van der Waals surface area contributed by atoms with E-state index in [-0.39, 0.29) is 41.5 Å². The molecular formula is C13H17NO3. The molecule has 0 N–H and O–H groups in total. The number of nitriles is 1. The summed E-state index contributed by atoms with van der Waals surface area (Å²) < 4.78 is 11.5. The lowest BCUT2D eigenvalue weighted by Crippen LogP contribution is -2.50. The Morgan fingerprint density at radius 1 is 1.47 bits per heavy atom. The summed E-state index contributed by atoms with van der Waals surface area (Å²) in [6.45, 7) is 6.35. The summed E-state index contributed by atoms with van der Waals surface area (Å²) in [5.41, 5.74) is -0.173. The number of carbonyl (C=O) groups excluding carboxylic acids is 1. The van der Waals surface area contributed by atoms with Gasteiger partial charge < -0.3 is 9.47 Å². The topological polar surface area (TPSA) is 59.3 Å². The minimum atomic E-state index is -0.339. The molecule has 6 atom stereocenters. The van der Waals surface area contributed by atoms with Crippen LogP contribution in [0, 0.1) is 34.5 Å². The Morgan fingerprint density at radius 2 is 2.18 bits per heavy atom. The molecule has 3 aliphatic heterocycles. The van der Waals surface area contributed by atoms with Crippen LogP contribution in [0.25, 0.3) is 0 Å². The van der Waals surface area contributed by atoms with Gasteiger partial charge in [-0.15, -0.1) is 0 Å². The molecule has 0 aromatic rings. The van der Waals surface area contributed by atoms with Crippen LogP contribution >= 0.6 is 0 Å². The Hall–Kier alpha value is -1.08. The van der Waals surface area contributed by atoms with Gasteiger partial charge in [-0.3, -0.25) is 4.79 Å². The normalized spacial score (nSPS) is 50.8. The number of carbonyl (C=O) groups is 1. The SMILES string of the molecule is CCC1(C(C)C)C2OC3C(C(=O)OC31)C2C#N. The number of hydrogen-bond donors (Lipinski definition) is 0. The molecule has 4 heteroatoms. The molecule has 3 aliphatic rings. The Bertz CT molecular complexity index is 413. The second-order valence-electron chi connectivity index (χ2n) is 5.68. The summed E-state index contributed by atoms with van der Waals surface area (Å²) in [6, 6.07) is 2.27. The van der Waals surface area contributed by atoms with Gasteiger partial charge in [0.05, 0.1) is 18.1 Å². The summed E-state index contributed by atoms with van der Waals surface area (Å²) in [7, 11) is 0.